The molecule has 1 fully saturated rings. The molecule has 9 nitrogen and oxygen atoms in total. The Hall–Kier alpha value is -2.28. The van der Waals surface area contributed by atoms with Crippen molar-refractivity contribution in [1.82, 2.24) is 0 Å². The third kappa shape index (κ3) is 3.88. The normalized spacial score (nSPS) is 27.0. The third-order valence-electron chi connectivity index (χ3n) is 3.40. The van der Waals surface area contributed by atoms with Crippen molar-refractivity contribution >= 4 is 0 Å². The van der Waals surface area contributed by atoms with Gasteiger partial charge in [-0.1, -0.05) is 40.6 Å². The highest BCUT2D eigenvalue weighted by Gasteiger charge is 2.43. The van der Waals surface area contributed by atoms with Gasteiger partial charge < -0.3 is 14.6 Å². The summed E-state index contributed by atoms with van der Waals surface area (Å²) >= 11 is 0. The Morgan fingerprint density at radius 1 is 1.09 bits per heavy atom. The predicted octanol–water partition coefficient (Wildman–Crippen LogP) is 2.32. The van der Waals surface area contributed by atoms with Gasteiger partial charge in [0.05, 0.1) is 44.1 Å². The van der Waals surface area contributed by atoms with Crippen LogP contribution >= 0.6 is 0 Å². The van der Waals surface area contributed by atoms with Crippen molar-refractivity contribution in [1.29, 1.82) is 0 Å². The molecule has 116 valence electrons. The molecule has 4 atom stereocenters. The summed E-state index contributed by atoms with van der Waals surface area (Å²) in [7, 11) is 0. The largest absolute Gasteiger partial charge is 0.394 e. The fourth-order valence-corrected chi connectivity index (χ4v) is 2.39. The zero-order valence-corrected chi connectivity index (χ0v) is 11.8. The zero-order chi connectivity index (χ0) is 15.8. The van der Waals surface area contributed by atoms with Crippen LogP contribution in [0.25, 0.3) is 20.9 Å². The van der Waals surface area contributed by atoms with E-state index in [9.17, 15) is 5.11 Å². The average molecular weight is 304 g/mol. The second-order valence-electron chi connectivity index (χ2n) is 4.79. The van der Waals surface area contributed by atoms with Crippen LogP contribution in [0.3, 0.4) is 0 Å². The highest BCUT2D eigenvalue weighted by Crippen LogP contribution is 2.27. The molecule has 22 heavy (non-hydrogen) atoms. The van der Waals surface area contributed by atoms with Gasteiger partial charge in [-0.25, -0.2) is 0 Å². The fraction of sp³-hybridized carbons (Fsp3) is 0.538. The summed E-state index contributed by atoms with van der Waals surface area (Å²) in [4.78, 5) is 5.48. The Morgan fingerprint density at radius 3 is 2.32 bits per heavy atom. The molecule has 1 aromatic rings. The Bertz CT molecular complexity index is 570. The van der Waals surface area contributed by atoms with E-state index in [0.29, 0.717) is 6.61 Å². The molecule has 1 saturated heterocycles. The molecule has 0 aromatic heterocycles. The number of ether oxygens (including phenoxy) is 2. The monoisotopic (exact) mass is 304 g/mol. The first-order chi connectivity index (χ1) is 10.8. The number of aliphatic hydroxyl groups excluding tert-OH is 1. The van der Waals surface area contributed by atoms with E-state index < -0.39 is 24.3 Å². The molecule has 0 radical (unpaired) electrons. The third-order valence-corrected chi connectivity index (χ3v) is 3.40. The van der Waals surface area contributed by atoms with Gasteiger partial charge in [0.25, 0.3) is 0 Å². The minimum Gasteiger partial charge on any atom is -0.394 e. The Morgan fingerprint density at radius 2 is 1.73 bits per heavy atom. The van der Waals surface area contributed by atoms with Crippen LogP contribution in [0.5, 0.6) is 0 Å². The molecular weight excluding hydrogens is 288 g/mol. The number of rotatable bonds is 7. The van der Waals surface area contributed by atoms with Crippen molar-refractivity contribution in [2.45, 2.75) is 30.9 Å². The molecule has 0 bridgehead atoms. The average Bonchev–Trinajstić information content (AvgIpc) is 2.87. The molecule has 9 heteroatoms. The molecule has 2 rings (SSSR count). The first-order valence-corrected chi connectivity index (χ1v) is 6.76. The predicted molar refractivity (Wildman–Crippen MR) is 77.7 cm³/mol. The van der Waals surface area contributed by atoms with Crippen molar-refractivity contribution < 1.29 is 14.6 Å². The second-order valence-corrected chi connectivity index (χ2v) is 4.79. The van der Waals surface area contributed by atoms with E-state index in [-0.39, 0.29) is 13.2 Å². The Balaban J connectivity index is 1.99. The molecule has 0 amide bonds. The maximum absolute atomic E-state index is 9.29. The Kier molecular flexibility index (Phi) is 6.02. The van der Waals surface area contributed by atoms with Gasteiger partial charge >= 0.3 is 0 Å². The van der Waals surface area contributed by atoms with Gasteiger partial charge in [0.15, 0.2) is 0 Å². The van der Waals surface area contributed by atoms with E-state index in [1.165, 1.54) is 0 Å². The minimum atomic E-state index is -0.740. The molecule has 0 spiro atoms. The van der Waals surface area contributed by atoms with Gasteiger partial charge in [0.1, 0.15) is 0 Å². The summed E-state index contributed by atoms with van der Waals surface area (Å²) in [6, 6.07) is 8.15. The fourth-order valence-electron chi connectivity index (χ4n) is 2.39. The molecule has 1 aliphatic rings. The van der Waals surface area contributed by atoms with Crippen LogP contribution in [0, 0.1) is 0 Å². The SMILES string of the molecule is [N-]=[N+]=N[C@@H]1[C@@H](N=[N+]=[N-])[C@@H](COCc2ccccc2)O[C@H]1CO. The summed E-state index contributed by atoms with van der Waals surface area (Å²) in [6.45, 7) is 0.239. The van der Waals surface area contributed by atoms with Crippen molar-refractivity contribution in [3.05, 3.63) is 56.8 Å². The lowest BCUT2D eigenvalue weighted by molar-refractivity contribution is -0.0391. The molecular formula is C13H16N6O3. The zero-order valence-electron chi connectivity index (χ0n) is 11.8. The summed E-state index contributed by atoms with van der Waals surface area (Å²) in [6.07, 6.45) is -1.26. The molecule has 0 saturated carbocycles. The minimum absolute atomic E-state index is 0.173. The summed E-state index contributed by atoms with van der Waals surface area (Å²) < 4.78 is 11.1. The second kappa shape index (κ2) is 8.23. The van der Waals surface area contributed by atoms with Gasteiger partial charge in [-0.15, -0.1) is 0 Å². The van der Waals surface area contributed by atoms with Crippen LogP contribution in [0.15, 0.2) is 40.6 Å². The van der Waals surface area contributed by atoms with Crippen LogP contribution in [-0.2, 0) is 16.1 Å². The smallest absolute Gasteiger partial charge is 0.0903 e. The van der Waals surface area contributed by atoms with E-state index in [1.54, 1.807) is 0 Å². The van der Waals surface area contributed by atoms with Crippen LogP contribution in [-0.4, -0.2) is 42.6 Å². The summed E-state index contributed by atoms with van der Waals surface area (Å²) in [5.41, 5.74) is 18.3. The molecule has 1 aliphatic heterocycles. The van der Waals surface area contributed by atoms with E-state index in [2.05, 4.69) is 20.1 Å². The van der Waals surface area contributed by atoms with Gasteiger partial charge in [-0.05, 0) is 16.6 Å². The molecule has 0 aliphatic carbocycles. The molecule has 1 aromatic carbocycles. The maximum Gasteiger partial charge on any atom is 0.0903 e. The molecule has 0 unspecified atom stereocenters. The van der Waals surface area contributed by atoms with Crippen LogP contribution in [0.1, 0.15) is 5.56 Å². The number of azide groups is 2. The number of hydrogen-bond donors (Lipinski definition) is 1. The lowest BCUT2D eigenvalue weighted by atomic mass is 10.0. The molecule has 1 N–H and O–H groups in total. The van der Waals surface area contributed by atoms with E-state index >= 15 is 0 Å². The first kappa shape index (κ1) is 16.1. The number of nitrogens with zero attached hydrogens (tertiary/aromatic N) is 6. The van der Waals surface area contributed by atoms with Gasteiger partial charge in [-0.2, -0.15) is 0 Å². The van der Waals surface area contributed by atoms with Gasteiger partial charge in [-0.3, -0.25) is 0 Å². The van der Waals surface area contributed by atoms with E-state index in [4.69, 9.17) is 20.5 Å². The number of benzene rings is 1. The highest BCUT2D eigenvalue weighted by molar-refractivity contribution is 5.13. The summed E-state index contributed by atoms with van der Waals surface area (Å²) in [5, 5.41) is 16.5. The maximum atomic E-state index is 9.29. The van der Waals surface area contributed by atoms with Crippen molar-refractivity contribution in [3.63, 3.8) is 0 Å². The van der Waals surface area contributed by atoms with E-state index in [1.807, 2.05) is 30.3 Å². The highest BCUT2D eigenvalue weighted by atomic mass is 16.6. The lowest BCUT2D eigenvalue weighted by Gasteiger charge is -2.15. The van der Waals surface area contributed by atoms with Crippen molar-refractivity contribution in [3.8, 4) is 0 Å². The first-order valence-electron chi connectivity index (χ1n) is 6.76. The Labute approximate surface area is 126 Å². The quantitative estimate of drug-likeness (QED) is 0.470. The van der Waals surface area contributed by atoms with E-state index in [0.717, 1.165) is 5.56 Å². The van der Waals surface area contributed by atoms with Crippen LogP contribution < -0.4 is 0 Å². The van der Waals surface area contributed by atoms with Gasteiger partial charge in [0, 0.05) is 9.82 Å². The van der Waals surface area contributed by atoms with Crippen LogP contribution in [0.2, 0.25) is 0 Å². The number of hydrogen-bond acceptors (Lipinski definition) is 5. The van der Waals surface area contributed by atoms with Crippen LogP contribution in [0.4, 0.5) is 0 Å². The lowest BCUT2D eigenvalue weighted by Crippen LogP contribution is -2.32. The summed E-state index contributed by atoms with van der Waals surface area (Å²) in [5.74, 6) is 0. The molecule has 1 heterocycles. The standard InChI is InChI=1S/C13H16N6O3/c14-18-16-12-10(6-20)22-11(13(12)17-19-15)8-21-7-9-4-2-1-3-5-9/h1-5,10-13,20H,6-8H2/t10-,11+,12-,13-/m0/s1. The van der Waals surface area contributed by atoms with Crippen molar-refractivity contribution in [2.75, 3.05) is 13.2 Å². The van der Waals surface area contributed by atoms with Crippen molar-refractivity contribution in [2.24, 2.45) is 10.2 Å². The number of aliphatic hydroxyl groups is 1. The topological polar surface area (TPSA) is 136 Å². The van der Waals surface area contributed by atoms with Gasteiger partial charge in [0.2, 0.25) is 0 Å².